The molecule has 0 saturated heterocycles. The van der Waals surface area contributed by atoms with Gasteiger partial charge in [0.05, 0.1) is 0 Å². The normalized spacial score (nSPS) is 0. The molecule has 0 aliphatic heterocycles. The van der Waals surface area contributed by atoms with Crippen molar-refractivity contribution in [1.82, 2.24) is 0 Å². The van der Waals surface area contributed by atoms with E-state index in [2.05, 4.69) is 0 Å². The van der Waals surface area contributed by atoms with E-state index >= 15 is 0 Å². The molecule has 4 heteroatoms. The van der Waals surface area contributed by atoms with Crippen LogP contribution in [0.1, 0.15) is 0 Å². The third-order valence-corrected chi connectivity index (χ3v) is 0. The van der Waals surface area contributed by atoms with Gasteiger partial charge in [0.1, 0.15) is 0 Å². The quantitative estimate of drug-likeness (QED) is 0.501. The van der Waals surface area contributed by atoms with Crippen molar-refractivity contribution in [3.63, 3.8) is 0 Å². The Hall–Kier alpha value is 3.08. The minimum atomic E-state index is 0. The molecule has 25 valence electrons. The van der Waals surface area contributed by atoms with Gasteiger partial charge >= 0.3 is 51.4 Å². The van der Waals surface area contributed by atoms with Gasteiger partial charge in [0, 0.05) is 49.4 Å². The average molecular weight is 232 g/mol. The summed E-state index contributed by atoms with van der Waals surface area (Å²) in [6, 6.07) is 0. The average Bonchev–Trinajstić information content (AvgIpc) is 0. The first-order valence-corrected chi connectivity index (χ1v) is 0. The predicted octanol–water partition coefficient (Wildman–Crippen LogP) is -0.343. The second-order valence-corrected chi connectivity index (χ2v) is 0. The number of hydrogen-bond donors (Lipinski definition) is 0. The van der Waals surface area contributed by atoms with Crippen molar-refractivity contribution in [2.24, 2.45) is 0 Å². The fourth-order valence-corrected chi connectivity index (χ4v) is 0. The molecule has 0 aromatic heterocycles. The molecule has 0 aromatic carbocycles. The molecule has 0 heterocycles. The molecule has 0 rings (SSSR count). The van der Waals surface area contributed by atoms with E-state index in [4.69, 9.17) is 0 Å². The van der Waals surface area contributed by atoms with Gasteiger partial charge in [-0.3, -0.25) is 9.41 Å². The van der Waals surface area contributed by atoms with E-state index in [0.29, 0.717) is 0 Å². The molecule has 0 fully saturated rings. The zero-order valence-electron chi connectivity index (χ0n) is 1.19. The summed E-state index contributed by atoms with van der Waals surface area (Å²) in [5.74, 6) is 0. The van der Waals surface area contributed by atoms with Crippen LogP contribution in [0.5, 0.6) is 0 Å². The first-order valence-electron chi connectivity index (χ1n) is 0. The Kier molecular flexibility index (Phi) is 114. The molecule has 0 amide bonds. The molecular formula is H3EuF2K. The Morgan fingerprint density at radius 1 is 0.750 bits per heavy atom. The second kappa shape index (κ2) is 16.5. The molecule has 0 saturated carbocycles. The van der Waals surface area contributed by atoms with Crippen molar-refractivity contribution in [2.45, 2.75) is 0 Å². The van der Waals surface area contributed by atoms with Gasteiger partial charge in [-0.05, 0) is 0 Å². The van der Waals surface area contributed by atoms with Gasteiger partial charge in [-0.25, -0.2) is 0 Å². The summed E-state index contributed by atoms with van der Waals surface area (Å²) >= 11 is 0. The summed E-state index contributed by atoms with van der Waals surface area (Å²) < 4.78 is 0. The maximum atomic E-state index is 0. The maximum absolute atomic E-state index is 0. The Morgan fingerprint density at radius 3 is 0.750 bits per heavy atom. The fourth-order valence-electron chi connectivity index (χ4n) is 0. The molecule has 4 heavy (non-hydrogen) atoms. The van der Waals surface area contributed by atoms with Crippen LogP contribution in [0.25, 0.3) is 0 Å². The van der Waals surface area contributed by atoms with E-state index in [1.165, 1.54) is 0 Å². The summed E-state index contributed by atoms with van der Waals surface area (Å²) in [5.41, 5.74) is 0. The number of hydrogen-bond acceptors (Lipinski definition) is 0. The first kappa shape index (κ1) is 27.6. The zero-order chi connectivity index (χ0) is 0. The van der Waals surface area contributed by atoms with Crippen LogP contribution in [-0.4, -0.2) is 51.4 Å². The molecule has 0 aliphatic carbocycles. The zero-order valence-corrected chi connectivity index (χ0v) is 3.62. The van der Waals surface area contributed by atoms with Crippen LogP contribution in [0.3, 0.4) is 0 Å². The summed E-state index contributed by atoms with van der Waals surface area (Å²) in [6.07, 6.45) is 0. The summed E-state index contributed by atoms with van der Waals surface area (Å²) in [6.45, 7) is 0. The third kappa shape index (κ3) is 8.91. The standard InChI is InChI=1S/Eu.2FH.K.H/h;2*1H;;. The van der Waals surface area contributed by atoms with Crippen LogP contribution in [-0.2, 0) is 0 Å². The first-order chi connectivity index (χ1) is 0. The Bertz CT molecular complexity index is 6.00. The molecular weight excluding hydrogens is 229 g/mol. The Labute approximate surface area is 107 Å². The molecule has 0 nitrogen and oxygen atoms in total. The van der Waals surface area contributed by atoms with Crippen LogP contribution in [0.4, 0.5) is 9.41 Å². The topological polar surface area (TPSA) is 0 Å². The van der Waals surface area contributed by atoms with Crippen LogP contribution in [0, 0.1) is 49.4 Å². The van der Waals surface area contributed by atoms with E-state index in [1.54, 1.807) is 0 Å². The van der Waals surface area contributed by atoms with Gasteiger partial charge in [-0.2, -0.15) is 0 Å². The number of rotatable bonds is 0. The molecule has 0 bridgehead atoms. The summed E-state index contributed by atoms with van der Waals surface area (Å²) in [5, 5.41) is 0. The van der Waals surface area contributed by atoms with Crippen LogP contribution >= 0.6 is 0 Å². The van der Waals surface area contributed by atoms with Crippen LogP contribution < -0.4 is 0 Å². The molecule has 0 aromatic rings. The Balaban J connectivity index is 0. The van der Waals surface area contributed by atoms with Gasteiger partial charge in [0.2, 0.25) is 0 Å². The molecule has 0 spiro atoms. The van der Waals surface area contributed by atoms with Crippen molar-refractivity contribution in [3.05, 3.63) is 0 Å². The monoisotopic (exact) mass is 233 g/mol. The number of halogens is 2. The van der Waals surface area contributed by atoms with Crippen molar-refractivity contribution >= 4 is 51.4 Å². The van der Waals surface area contributed by atoms with Gasteiger partial charge in [0.25, 0.3) is 0 Å². The van der Waals surface area contributed by atoms with E-state index < -0.39 is 0 Å². The second-order valence-electron chi connectivity index (χ2n) is 0. The van der Waals surface area contributed by atoms with Crippen molar-refractivity contribution in [3.8, 4) is 0 Å². The summed E-state index contributed by atoms with van der Waals surface area (Å²) in [7, 11) is 0. The molecule has 0 N–H and O–H groups in total. The molecule has 0 aliphatic rings. The van der Waals surface area contributed by atoms with Crippen molar-refractivity contribution in [2.75, 3.05) is 0 Å². The fraction of sp³-hybridized carbons (Fsp3) is 0. The summed E-state index contributed by atoms with van der Waals surface area (Å²) in [4.78, 5) is 0. The van der Waals surface area contributed by atoms with Crippen molar-refractivity contribution < 1.29 is 58.8 Å². The Morgan fingerprint density at radius 2 is 0.750 bits per heavy atom. The molecule has 0 atom stereocenters. The van der Waals surface area contributed by atoms with E-state index in [0.717, 1.165) is 0 Å². The van der Waals surface area contributed by atoms with Gasteiger partial charge in [0.15, 0.2) is 0 Å². The van der Waals surface area contributed by atoms with Crippen LogP contribution in [0.15, 0.2) is 0 Å². The SMILES string of the molecule is F.F.[Eu].[KH]. The van der Waals surface area contributed by atoms with Crippen LogP contribution in [0.2, 0.25) is 0 Å². The van der Waals surface area contributed by atoms with E-state index in [9.17, 15) is 0 Å². The van der Waals surface area contributed by atoms with Gasteiger partial charge in [-0.1, -0.05) is 0 Å². The van der Waals surface area contributed by atoms with Crippen molar-refractivity contribution in [1.29, 1.82) is 0 Å². The minimum absolute atomic E-state index is 0. The van der Waals surface area contributed by atoms with Gasteiger partial charge in [-0.15, -0.1) is 0 Å². The van der Waals surface area contributed by atoms with Gasteiger partial charge < -0.3 is 0 Å². The molecule has 0 unspecified atom stereocenters. The molecule has 1 radical (unpaired) electrons. The predicted molar refractivity (Wildman–Crippen MR) is 12.2 cm³/mol. The third-order valence-electron chi connectivity index (χ3n) is 0. The van der Waals surface area contributed by atoms with E-state index in [1.807, 2.05) is 0 Å². The van der Waals surface area contributed by atoms with E-state index in [-0.39, 0.29) is 110 Å².